The standard InChI is InChI=1S/C25H30F3N7O/c26-25(27,28)19-5-6-32(12-19)21-4-3-17(9-29-21)18-10-33(11-18)23(36)34-13-24(14-34)7-20(8-24)35-15-30-22(31-35)16-1-2-16/h3-4,9,15-16,18-20H,1-2,5-8,10-14H2/t19-/m1/s1. The lowest BCUT2D eigenvalue weighted by Gasteiger charge is -2.60. The van der Waals surface area contributed by atoms with Crippen LogP contribution in [0.4, 0.5) is 23.8 Å². The topological polar surface area (TPSA) is 70.4 Å². The van der Waals surface area contributed by atoms with Crippen molar-refractivity contribution in [1.29, 1.82) is 0 Å². The second-order valence-electron chi connectivity index (χ2n) is 11.6. The van der Waals surface area contributed by atoms with Crippen LogP contribution in [0.3, 0.4) is 0 Å². The molecule has 2 aromatic rings. The zero-order valence-electron chi connectivity index (χ0n) is 20.1. The first-order valence-electron chi connectivity index (χ1n) is 13.0. The maximum Gasteiger partial charge on any atom is 0.393 e. The summed E-state index contributed by atoms with van der Waals surface area (Å²) in [7, 11) is 0. The summed E-state index contributed by atoms with van der Waals surface area (Å²) >= 11 is 0. The number of carbonyl (C=O) groups excluding carboxylic acids is 1. The zero-order chi connectivity index (χ0) is 24.7. The molecule has 5 heterocycles. The van der Waals surface area contributed by atoms with Crippen molar-refractivity contribution < 1.29 is 18.0 Å². The average Bonchev–Trinajstić information content (AvgIpc) is 3.27. The molecular weight excluding hydrogens is 471 g/mol. The third-order valence-electron chi connectivity index (χ3n) is 8.87. The van der Waals surface area contributed by atoms with Crippen molar-refractivity contribution in [3.8, 4) is 0 Å². The number of rotatable bonds is 4. The van der Waals surface area contributed by atoms with E-state index in [9.17, 15) is 18.0 Å². The molecule has 5 fully saturated rings. The number of likely N-dealkylation sites (tertiary alicyclic amines) is 2. The Morgan fingerprint density at radius 3 is 2.39 bits per heavy atom. The van der Waals surface area contributed by atoms with Gasteiger partial charge < -0.3 is 14.7 Å². The monoisotopic (exact) mass is 501 g/mol. The van der Waals surface area contributed by atoms with Gasteiger partial charge in [0, 0.05) is 62.7 Å². The Kier molecular flexibility index (Phi) is 4.86. The first kappa shape index (κ1) is 22.4. The lowest BCUT2D eigenvalue weighted by Crippen LogP contribution is -2.67. The smallest absolute Gasteiger partial charge is 0.356 e. The molecule has 5 aliphatic rings. The SMILES string of the molecule is O=C(N1CC(c2ccc(N3CC[C@@H](C(F)(F)F)C3)nc2)C1)N1CC2(CC(n3cnc(C4CC4)n3)C2)C1. The minimum absolute atomic E-state index is 0.0278. The van der Waals surface area contributed by atoms with Gasteiger partial charge in [0.25, 0.3) is 0 Å². The number of halogens is 3. The van der Waals surface area contributed by atoms with Crippen molar-refractivity contribution >= 4 is 11.8 Å². The van der Waals surface area contributed by atoms with Crippen LogP contribution in [0, 0.1) is 11.3 Å². The zero-order valence-corrected chi connectivity index (χ0v) is 20.1. The normalized spacial score (nSPS) is 26.2. The van der Waals surface area contributed by atoms with Gasteiger partial charge in [0.1, 0.15) is 12.1 Å². The fourth-order valence-electron chi connectivity index (χ4n) is 6.38. The molecule has 3 aliphatic heterocycles. The molecule has 8 nitrogen and oxygen atoms in total. The van der Waals surface area contributed by atoms with E-state index in [-0.39, 0.29) is 30.3 Å². The van der Waals surface area contributed by atoms with E-state index in [1.165, 1.54) is 12.8 Å². The van der Waals surface area contributed by atoms with Crippen LogP contribution in [-0.2, 0) is 0 Å². The van der Waals surface area contributed by atoms with Gasteiger partial charge in [0.2, 0.25) is 0 Å². The number of anilines is 1. The number of aromatic nitrogens is 4. The molecule has 0 bridgehead atoms. The van der Waals surface area contributed by atoms with Gasteiger partial charge >= 0.3 is 12.2 Å². The van der Waals surface area contributed by atoms with Crippen LogP contribution < -0.4 is 4.90 Å². The first-order valence-corrected chi connectivity index (χ1v) is 13.0. The Bertz CT molecular complexity index is 1140. The molecule has 2 aromatic heterocycles. The minimum atomic E-state index is -4.15. The Labute approximate surface area is 207 Å². The van der Waals surface area contributed by atoms with E-state index in [0.29, 0.717) is 37.4 Å². The molecule has 2 saturated carbocycles. The number of amides is 2. The van der Waals surface area contributed by atoms with Crippen LogP contribution in [0.2, 0.25) is 0 Å². The van der Waals surface area contributed by atoms with Gasteiger partial charge in [0.05, 0.1) is 12.0 Å². The highest BCUT2D eigenvalue weighted by molar-refractivity contribution is 5.77. The van der Waals surface area contributed by atoms with Crippen LogP contribution in [0.5, 0.6) is 0 Å². The Morgan fingerprint density at radius 1 is 0.972 bits per heavy atom. The van der Waals surface area contributed by atoms with Crippen molar-refractivity contribution in [2.75, 3.05) is 44.2 Å². The largest absolute Gasteiger partial charge is 0.393 e. The van der Waals surface area contributed by atoms with E-state index in [4.69, 9.17) is 0 Å². The first-order chi connectivity index (χ1) is 17.3. The summed E-state index contributed by atoms with van der Waals surface area (Å²) in [5.41, 5.74) is 1.28. The highest BCUT2D eigenvalue weighted by Gasteiger charge is 2.55. The third kappa shape index (κ3) is 3.82. The van der Waals surface area contributed by atoms with Crippen molar-refractivity contribution in [3.63, 3.8) is 0 Å². The number of carbonyl (C=O) groups is 1. The molecule has 3 saturated heterocycles. The molecule has 1 atom stereocenters. The summed E-state index contributed by atoms with van der Waals surface area (Å²) in [5, 5.41) is 4.66. The van der Waals surface area contributed by atoms with Gasteiger partial charge in [-0.25, -0.2) is 19.4 Å². The maximum absolute atomic E-state index is 13.0. The van der Waals surface area contributed by atoms with Crippen LogP contribution in [0.15, 0.2) is 24.7 Å². The lowest BCUT2D eigenvalue weighted by molar-refractivity contribution is -0.168. The summed E-state index contributed by atoms with van der Waals surface area (Å²) in [4.78, 5) is 27.3. The minimum Gasteiger partial charge on any atom is -0.356 e. The van der Waals surface area contributed by atoms with E-state index in [1.54, 1.807) is 11.1 Å². The fraction of sp³-hybridized carbons (Fsp3) is 0.680. The predicted molar refractivity (Wildman–Crippen MR) is 125 cm³/mol. The highest BCUT2D eigenvalue weighted by atomic mass is 19.4. The van der Waals surface area contributed by atoms with E-state index >= 15 is 0 Å². The van der Waals surface area contributed by atoms with Crippen LogP contribution >= 0.6 is 0 Å². The van der Waals surface area contributed by atoms with E-state index < -0.39 is 12.1 Å². The second-order valence-corrected chi connectivity index (χ2v) is 11.6. The van der Waals surface area contributed by atoms with Gasteiger partial charge in [-0.3, -0.25) is 0 Å². The molecule has 0 unspecified atom stereocenters. The lowest BCUT2D eigenvalue weighted by atomic mass is 9.61. The van der Waals surface area contributed by atoms with Gasteiger partial charge in [-0.1, -0.05) is 6.07 Å². The third-order valence-corrected chi connectivity index (χ3v) is 8.87. The van der Waals surface area contributed by atoms with Crippen molar-refractivity contribution in [3.05, 3.63) is 36.0 Å². The Hall–Kier alpha value is -2.85. The number of pyridine rings is 1. The van der Waals surface area contributed by atoms with Gasteiger partial charge in [-0.05, 0) is 43.7 Å². The summed E-state index contributed by atoms with van der Waals surface area (Å²) in [6.45, 7) is 3.31. The molecular formula is C25H30F3N7O. The predicted octanol–water partition coefficient (Wildman–Crippen LogP) is 3.80. The summed E-state index contributed by atoms with van der Waals surface area (Å²) in [5.74, 6) is 1.11. The molecule has 192 valence electrons. The van der Waals surface area contributed by atoms with Crippen LogP contribution in [-0.4, -0.2) is 81.0 Å². The molecule has 0 radical (unpaired) electrons. The molecule has 2 aliphatic carbocycles. The Balaban J connectivity index is 0.866. The second kappa shape index (κ2) is 7.82. The molecule has 11 heteroatoms. The average molecular weight is 502 g/mol. The van der Waals surface area contributed by atoms with E-state index in [2.05, 4.69) is 15.1 Å². The number of alkyl halides is 3. The van der Waals surface area contributed by atoms with Gasteiger partial charge in [-0.15, -0.1) is 0 Å². The number of urea groups is 1. The van der Waals surface area contributed by atoms with E-state index in [0.717, 1.165) is 37.3 Å². The maximum atomic E-state index is 13.0. The van der Waals surface area contributed by atoms with E-state index in [1.807, 2.05) is 32.9 Å². The van der Waals surface area contributed by atoms with Crippen LogP contribution in [0.1, 0.15) is 61.4 Å². The summed E-state index contributed by atoms with van der Waals surface area (Å²) < 4.78 is 40.9. The molecule has 0 aromatic carbocycles. The molecule has 0 N–H and O–H groups in total. The molecule has 2 amide bonds. The highest BCUT2D eigenvalue weighted by Crippen LogP contribution is 2.54. The summed E-state index contributed by atoms with van der Waals surface area (Å²) in [6.07, 6.45) is 4.14. The Morgan fingerprint density at radius 2 is 1.75 bits per heavy atom. The van der Waals surface area contributed by atoms with Crippen molar-refractivity contribution in [2.24, 2.45) is 11.3 Å². The quantitative estimate of drug-likeness (QED) is 0.638. The van der Waals surface area contributed by atoms with Crippen LogP contribution in [0.25, 0.3) is 0 Å². The fourth-order valence-corrected chi connectivity index (χ4v) is 6.38. The molecule has 7 rings (SSSR count). The van der Waals surface area contributed by atoms with Gasteiger partial charge in [0.15, 0.2) is 5.82 Å². The van der Waals surface area contributed by atoms with Gasteiger partial charge in [-0.2, -0.15) is 18.3 Å². The van der Waals surface area contributed by atoms with Crippen molar-refractivity contribution in [2.45, 2.75) is 56.2 Å². The molecule has 1 spiro atoms. The number of hydrogen-bond donors (Lipinski definition) is 0. The molecule has 36 heavy (non-hydrogen) atoms. The number of nitrogens with zero attached hydrogens (tertiary/aromatic N) is 7. The summed E-state index contributed by atoms with van der Waals surface area (Å²) in [6, 6.07) is 4.28. The van der Waals surface area contributed by atoms with Crippen molar-refractivity contribution in [1.82, 2.24) is 29.5 Å². The number of hydrogen-bond acceptors (Lipinski definition) is 5.